The number of carbonyl (C=O) groups excluding carboxylic acids is 1. The lowest BCUT2D eigenvalue weighted by Crippen LogP contribution is -2.42. The molecule has 2 rings (SSSR count). The van der Waals surface area contributed by atoms with E-state index in [4.69, 9.17) is 4.84 Å². The van der Waals surface area contributed by atoms with Gasteiger partial charge in [-0.15, -0.1) is 5.06 Å². The third-order valence-corrected chi connectivity index (χ3v) is 4.49. The quantitative estimate of drug-likeness (QED) is 0.375. The zero-order chi connectivity index (χ0) is 20.2. The summed E-state index contributed by atoms with van der Waals surface area (Å²) in [4.78, 5) is 28.0. The number of piperidine rings is 1. The number of nitrogens with zero attached hydrogens (tertiary/aromatic N) is 2. The molecule has 0 aromatic heterocycles. The Bertz CT molecular complexity index is 774. The highest BCUT2D eigenvalue weighted by molar-refractivity contribution is 7.73. The monoisotopic (exact) mass is 400 g/mol. The van der Waals surface area contributed by atoms with Gasteiger partial charge in [0, 0.05) is 25.2 Å². The van der Waals surface area contributed by atoms with Gasteiger partial charge in [0.05, 0.1) is 16.0 Å². The van der Waals surface area contributed by atoms with Crippen molar-refractivity contribution in [1.29, 1.82) is 0 Å². The lowest BCUT2D eigenvalue weighted by molar-refractivity contribution is -0.383. The van der Waals surface area contributed by atoms with Crippen LogP contribution in [0.4, 0.5) is 17.1 Å². The summed E-state index contributed by atoms with van der Waals surface area (Å²) in [6.07, 6.45) is 1.28. The zero-order valence-corrected chi connectivity index (χ0v) is 16.3. The molecular formula is C16H24N4O6S. The normalized spacial score (nSPS) is 16.1. The second-order valence-corrected chi connectivity index (χ2v) is 8.07. The SMILES string of the molecule is CC(C)(C)C(=O)ON1CCC(Nc2ccc(N[SH](=O)=O)cc2[N+](=O)[O-])CC1. The van der Waals surface area contributed by atoms with Crippen molar-refractivity contribution in [3.05, 3.63) is 28.3 Å². The van der Waals surface area contributed by atoms with Gasteiger partial charge in [0.15, 0.2) is 0 Å². The predicted molar refractivity (Wildman–Crippen MR) is 101 cm³/mol. The molecule has 0 amide bonds. The van der Waals surface area contributed by atoms with Crippen LogP contribution in [0.5, 0.6) is 0 Å². The Morgan fingerprint density at radius 3 is 2.44 bits per heavy atom. The van der Waals surface area contributed by atoms with Gasteiger partial charge < -0.3 is 10.2 Å². The first kappa shape index (κ1) is 20.9. The van der Waals surface area contributed by atoms with Gasteiger partial charge in [-0.05, 0) is 45.7 Å². The fraction of sp³-hybridized carbons (Fsp3) is 0.562. The summed E-state index contributed by atoms with van der Waals surface area (Å²) in [7, 11) is -2.90. The van der Waals surface area contributed by atoms with Gasteiger partial charge >= 0.3 is 5.97 Å². The molecule has 1 fully saturated rings. The summed E-state index contributed by atoms with van der Waals surface area (Å²) < 4.78 is 23.6. The first-order chi connectivity index (χ1) is 12.6. The molecule has 0 spiro atoms. The van der Waals surface area contributed by atoms with Crippen LogP contribution in [0.3, 0.4) is 0 Å². The topological polar surface area (TPSA) is 131 Å². The molecule has 1 aromatic carbocycles. The molecule has 27 heavy (non-hydrogen) atoms. The Morgan fingerprint density at radius 1 is 1.30 bits per heavy atom. The van der Waals surface area contributed by atoms with E-state index in [0.29, 0.717) is 31.6 Å². The van der Waals surface area contributed by atoms with Crippen molar-refractivity contribution < 1.29 is 23.0 Å². The van der Waals surface area contributed by atoms with Crippen LogP contribution in [0, 0.1) is 15.5 Å². The maximum Gasteiger partial charge on any atom is 0.330 e. The first-order valence-electron chi connectivity index (χ1n) is 8.49. The van der Waals surface area contributed by atoms with Gasteiger partial charge in [-0.25, -0.2) is 13.2 Å². The van der Waals surface area contributed by atoms with Crippen LogP contribution in [0.2, 0.25) is 0 Å². The van der Waals surface area contributed by atoms with E-state index in [1.54, 1.807) is 25.8 Å². The number of nitro benzene ring substituents is 1. The van der Waals surface area contributed by atoms with E-state index in [2.05, 4.69) is 10.0 Å². The molecule has 1 saturated heterocycles. The lowest BCUT2D eigenvalue weighted by Gasteiger charge is -2.32. The van der Waals surface area contributed by atoms with Gasteiger partial charge in [0.2, 0.25) is 10.9 Å². The second-order valence-electron chi connectivity index (χ2n) is 7.33. The zero-order valence-electron chi connectivity index (χ0n) is 15.4. The highest BCUT2D eigenvalue weighted by atomic mass is 32.2. The van der Waals surface area contributed by atoms with E-state index in [9.17, 15) is 23.3 Å². The Morgan fingerprint density at radius 2 is 1.93 bits per heavy atom. The molecule has 0 bridgehead atoms. The lowest BCUT2D eigenvalue weighted by atomic mass is 9.98. The van der Waals surface area contributed by atoms with Crippen molar-refractivity contribution in [2.75, 3.05) is 23.1 Å². The molecule has 0 saturated carbocycles. The molecule has 0 radical (unpaired) electrons. The molecular weight excluding hydrogens is 376 g/mol. The minimum absolute atomic E-state index is 0.0248. The van der Waals surface area contributed by atoms with Crippen LogP contribution in [0.15, 0.2) is 18.2 Å². The van der Waals surface area contributed by atoms with Crippen LogP contribution in [0.25, 0.3) is 0 Å². The predicted octanol–water partition coefficient (Wildman–Crippen LogP) is 1.91. The molecule has 0 atom stereocenters. The van der Waals surface area contributed by atoms with Crippen molar-refractivity contribution in [3.8, 4) is 0 Å². The Hall–Kier alpha value is -2.40. The first-order valence-corrected chi connectivity index (χ1v) is 9.67. The van der Waals surface area contributed by atoms with Gasteiger partial charge in [0.25, 0.3) is 5.69 Å². The molecule has 0 unspecified atom stereocenters. The largest absolute Gasteiger partial charge is 0.377 e. The molecule has 1 aliphatic rings. The smallest absolute Gasteiger partial charge is 0.330 e. The molecule has 1 aliphatic heterocycles. The summed E-state index contributed by atoms with van der Waals surface area (Å²) in [6, 6.07) is 4.09. The van der Waals surface area contributed by atoms with Crippen LogP contribution < -0.4 is 10.0 Å². The maximum absolute atomic E-state index is 11.9. The number of benzene rings is 1. The average Bonchev–Trinajstić information content (AvgIpc) is 2.56. The standard InChI is InChI=1S/C16H24N4O6S/c1-16(2,3)15(21)26-19-8-6-11(7-9-19)17-13-5-4-12(18-27(24)25)10-14(13)20(22)23/h4-5,10-11,17,27H,6-9H2,1-3H3,(H,18,24,25). The highest BCUT2D eigenvalue weighted by Gasteiger charge is 2.29. The van der Waals surface area contributed by atoms with E-state index in [1.165, 1.54) is 18.2 Å². The molecule has 10 nitrogen and oxygen atoms in total. The number of nitro groups is 1. The molecule has 0 aliphatic carbocycles. The van der Waals surface area contributed by atoms with Crippen LogP contribution in [-0.2, 0) is 20.5 Å². The summed E-state index contributed by atoms with van der Waals surface area (Å²) in [5.41, 5.74) is -0.345. The summed E-state index contributed by atoms with van der Waals surface area (Å²) in [5.74, 6) is -0.302. The molecule has 11 heteroatoms. The van der Waals surface area contributed by atoms with Crippen molar-refractivity contribution >= 4 is 33.9 Å². The average molecular weight is 400 g/mol. The summed E-state index contributed by atoms with van der Waals surface area (Å²) >= 11 is 0. The summed E-state index contributed by atoms with van der Waals surface area (Å²) in [5, 5.41) is 16.0. The van der Waals surface area contributed by atoms with Gasteiger partial charge in [0.1, 0.15) is 5.69 Å². The number of nitrogens with one attached hydrogen (secondary N) is 2. The number of rotatable bonds is 6. The number of hydrogen-bond acceptors (Lipinski definition) is 8. The van der Waals surface area contributed by atoms with Crippen molar-refractivity contribution in [3.63, 3.8) is 0 Å². The number of hydrogen-bond donors (Lipinski definition) is 3. The van der Waals surface area contributed by atoms with Crippen LogP contribution in [0.1, 0.15) is 33.6 Å². The van der Waals surface area contributed by atoms with Gasteiger partial charge in [-0.1, -0.05) is 0 Å². The van der Waals surface area contributed by atoms with E-state index in [1.807, 2.05) is 0 Å². The van der Waals surface area contributed by atoms with Gasteiger partial charge in [-0.2, -0.15) is 0 Å². The molecule has 1 heterocycles. The summed E-state index contributed by atoms with van der Waals surface area (Å²) in [6.45, 7) is 6.38. The fourth-order valence-electron chi connectivity index (χ4n) is 2.55. The van der Waals surface area contributed by atoms with E-state index >= 15 is 0 Å². The van der Waals surface area contributed by atoms with Crippen LogP contribution >= 0.6 is 0 Å². The third-order valence-electron chi connectivity index (χ3n) is 4.05. The Kier molecular flexibility index (Phi) is 6.60. The van der Waals surface area contributed by atoms with E-state index < -0.39 is 21.2 Å². The number of thiol groups is 1. The maximum atomic E-state index is 11.9. The number of hydroxylamine groups is 2. The number of anilines is 2. The van der Waals surface area contributed by atoms with Crippen molar-refractivity contribution in [2.24, 2.45) is 5.41 Å². The molecule has 2 N–H and O–H groups in total. The fourth-order valence-corrected chi connectivity index (χ4v) is 2.90. The molecule has 150 valence electrons. The molecule has 1 aromatic rings. The highest BCUT2D eigenvalue weighted by Crippen LogP contribution is 2.30. The van der Waals surface area contributed by atoms with E-state index in [-0.39, 0.29) is 23.4 Å². The van der Waals surface area contributed by atoms with Crippen molar-refractivity contribution in [2.45, 2.75) is 39.7 Å². The van der Waals surface area contributed by atoms with Gasteiger partial charge in [-0.3, -0.25) is 14.8 Å². The Labute approximate surface area is 159 Å². The van der Waals surface area contributed by atoms with Crippen molar-refractivity contribution in [1.82, 2.24) is 5.06 Å². The van der Waals surface area contributed by atoms with Crippen LogP contribution in [-0.4, -0.2) is 43.5 Å². The third kappa shape index (κ3) is 6.07. The minimum atomic E-state index is -2.90. The second kappa shape index (κ2) is 8.53. The minimum Gasteiger partial charge on any atom is -0.377 e. The number of carbonyl (C=O) groups is 1. The Balaban J connectivity index is 1.98. The van der Waals surface area contributed by atoms with E-state index in [0.717, 1.165) is 0 Å².